The molecular weight excluding hydrogens is 353 g/mol. The summed E-state index contributed by atoms with van der Waals surface area (Å²) in [6, 6.07) is 3.01. The van der Waals surface area contributed by atoms with Crippen molar-refractivity contribution in [2.45, 2.75) is 0 Å². The fourth-order valence-electron chi connectivity index (χ4n) is 1.99. The number of amidine groups is 1. The molecule has 1 fully saturated rings. The second-order valence-electron chi connectivity index (χ2n) is 4.38. The average molecular weight is 366 g/mol. The number of anilines is 1. The summed E-state index contributed by atoms with van der Waals surface area (Å²) in [6.45, 7) is 0.489. The van der Waals surface area contributed by atoms with E-state index < -0.39 is 15.7 Å². The van der Waals surface area contributed by atoms with Gasteiger partial charge < -0.3 is 15.8 Å². The number of benzene rings is 1. The first-order chi connectivity index (χ1) is 9.35. The van der Waals surface area contributed by atoms with E-state index in [4.69, 9.17) is 10.9 Å². The largest absolute Gasteiger partial charge is 0.409 e. The number of oxime groups is 1. The van der Waals surface area contributed by atoms with Gasteiger partial charge in [0.1, 0.15) is 0 Å². The van der Waals surface area contributed by atoms with E-state index in [1.165, 1.54) is 12.1 Å². The summed E-state index contributed by atoms with van der Waals surface area (Å²) in [6.07, 6.45) is 0. The maximum atomic E-state index is 14.3. The molecule has 2 rings (SSSR count). The molecule has 0 aliphatic carbocycles. The van der Waals surface area contributed by atoms with E-state index in [0.29, 0.717) is 5.69 Å². The van der Waals surface area contributed by atoms with Gasteiger partial charge in [-0.3, -0.25) is 0 Å². The van der Waals surface area contributed by atoms with Crippen LogP contribution in [0.3, 0.4) is 0 Å². The van der Waals surface area contributed by atoms with Crippen molar-refractivity contribution >= 4 is 37.3 Å². The highest BCUT2D eigenvalue weighted by atomic mass is 79.9. The number of nitrogens with zero attached hydrogens (tertiary/aromatic N) is 2. The summed E-state index contributed by atoms with van der Waals surface area (Å²) in [7, 11) is -3.02. The lowest BCUT2D eigenvalue weighted by atomic mass is 10.1. The maximum absolute atomic E-state index is 14.3. The quantitative estimate of drug-likeness (QED) is 0.351. The third-order valence-corrected chi connectivity index (χ3v) is 5.52. The van der Waals surface area contributed by atoms with Gasteiger partial charge in [-0.1, -0.05) is 5.16 Å². The van der Waals surface area contributed by atoms with Crippen LogP contribution in [0.1, 0.15) is 5.56 Å². The molecular formula is C11H13BrFN3O3S. The van der Waals surface area contributed by atoms with Crippen LogP contribution in [0.15, 0.2) is 21.8 Å². The number of hydrogen-bond donors (Lipinski definition) is 2. The van der Waals surface area contributed by atoms with Gasteiger partial charge in [-0.25, -0.2) is 12.8 Å². The average Bonchev–Trinajstić information content (AvgIpc) is 2.41. The van der Waals surface area contributed by atoms with Gasteiger partial charge in [-0.05, 0) is 28.1 Å². The zero-order valence-corrected chi connectivity index (χ0v) is 12.8. The molecule has 1 saturated heterocycles. The van der Waals surface area contributed by atoms with E-state index in [1.54, 1.807) is 4.90 Å². The number of rotatable bonds is 2. The molecule has 0 bridgehead atoms. The van der Waals surface area contributed by atoms with Crippen LogP contribution >= 0.6 is 15.9 Å². The molecule has 0 unspecified atom stereocenters. The second kappa shape index (κ2) is 5.57. The third kappa shape index (κ3) is 2.88. The maximum Gasteiger partial charge on any atom is 0.171 e. The van der Waals surface area contributed by atoms with E-state index >= 15 is 0 Å². The van der Waals surface area contributed by atoms with E-state index in [-0.39, 0.29) is 40.5 Å². The van der Waals surface area contributed by atoms with E-state index in [0.717, 1.165) is 0 Å². The Labute approximate surface area is 124 Å². The first-order valence-corrected chi connectivity index (χ1v) is 8.38. The van der Waals surface area contributed by atoms with Crippen LogP contribution in [0, 0.1) is 5.82 Å². The number of halogens is 2. The molecule has 1 aromatic rings. The molecule has 0 aromatic heterocycles. The summed E-state index contributed by atoms with van der Waals surface area (Å²) in [5.74, 6) is -0.755. The molecule has 1 heterocycles. The van der Waals surface area contributed by atoms with Crippen LogP contribution in [-0.4, -0.2) is 44.1 Å². The molecule has 0 atom stereocenters. The minimum atomic E-state index is -3.02. The van der Waals surface area contributed by atoms with Crippen molar-refractivity contribution in [2.75, 3.05) is 29.5 Å². The van der Waals surface area contributed by atoms with Crippen LogP contribution < -0.4 is 10.6 Å². The fourth-order valence-corrected chi connectivity index (χ4v) is 3.73. The molecule has 9 heteroatoms. The molecule has 0 spiro atoms. The minimum absolute atomic E-state index is 0.00600. The summed E-state index contributed by atoms with van der Waals surface area (Å²) in [5, 5.41) is 11.4. The molecule has 1 aliphatic heterocycles. The lowest BCUT2D eigenvalue weighted by Crippen LogP contribution is -2.40. The smallest absolute Gasteiger partial charge is 0.171 e. The van der Waals surface area contributed by atoms with Crippen molar-refractivity contribution in [1.29, 1.82) is 0 Å². The van der Waals surface area contributed by atoms with Crippen LogP contribution in [0.4, 0.5) is 10.1 Å². The highest BCUT2D eigenvalue weighted by Crippen LogP contribution is 2.30. The van der Waals surface area contributed by atoms with Crippen LogP contribution in [-0.2, 0) is 9.84 Å². The zero-order chi connectivity index (χ0) is 14.9. The van der Waals surface area contributed by atoms with Crippen LogP contribution in [0.25, 0.3) is 0 Å². The Bertz CT molecular complexity index is 649. The Hall–Kier alpha value is -1.35. The molecule has 0 saturated carbocycles. The predicted octanol–water partition coefficient (Wildman–Crippen LogP) is 0.917. The lowest BCUT2D eigenvalue weighted by molar-refractivity contribution is 0.318. The SMILES string of the molecule is N/C(=N/O)c1ccc(N2CCS(=O)(=O)CC2)c(F)c1Br. The highest BCUT2D eigenvalue weighted by Gasteiger charge is 2.25. The highest BCUT2D eigenvalue weighted by molar-refractivity contribution is 9.10. The third-order valence-electron chi connectivity index (χ3n) is 3.13. The lowest BCUT2D eigenvalue weighted by Gasteiger charge is -2.29. The first kappa shape index (κ1) is 15.0. The van der Waals surface area contributed by atoms with Crippen LogP contribution in [0.5, 0.6) is 0 Å². The number of sulfone groups is 1. The second-order valence-corrected chi connectivity index (χ2v) is 7.48. The summed E-state index contributed by atoms with van der Waals surface area (Å²) in [5.41, 5.74) is 5.97. The minimum Gasteiger partial charge on any atom is -0.409 e. The summed E-state index contributed by atoms with van der Waals surface area (Å²) < 4.78 is 37.1. The Morgan fingerprint density at radius 1 is 1.40 bits per heavy atom. The molecule has 20 heavy (non-hydrogen) atoms. The normalized spacial score (nSPS) is 19.1. The van der Waals surface area contributed by atoms with Crippen molar-refractivity contribution in [3.63, 3.8) is 0 Å². The number of nitrogens with two attached hydrogens (primary N) is 1. The monoisotopic (exact) mass is 365 g/mol. The molecule has 110 valence electrons. The van der Waals surface area contributed by atoms with Crippen molar-refractivity contribution in [1.82, 2.24) is 0 Å². The molecule has 1 aliphatic rings. The van der Waals surface area contributed by atoms with Gasteiger partial charge in [0.2, 0.25) is 0 Å². The van der Waals surface area contributed by atoms with Gasteiger partial charge in [0.05, 0.1) is 21.7 Å². The van der Waals surface area contributed by atoms with Crippen molar-refractivity contribution in [2.24, 2.45) is 10.9 Å². The zero-order valence-electron chi connectivity index (χ0n) is 10.4. The molecule has 3 N–H and O–H groups in total. The van der Waals surface area contributed by atoms with E-state index in [9.17, 15) is 12.8 Å². The van der Waals surface area contributed by atoms with Crippen LogP contribution in [0.2, 0.25) is 0 Å². The van der Waals surface area contributed by atoms with Crippen molar-refractivity contribution < 1.29 is 18.0 Å². The van der Waals surface area contributed by atoms with Gasteiger partial charge in [0.15, 0.2) is 21.5 Å². The molecule has 0 radical (unpaired) electrons. The Kier molecular flexibility index (Phi) is 4.19. The van der Waals surface area contributed by atoms with Crippen molar-refractivity contribution in [3.05, 3.63) is 28.0 Å². The van der Waals surface area contributed by atoms with E-state index in [1.807, 2.05) is 0 Å². The molecule has 1 aromatic carbocycles. The molecule has 6 nitrogen and oxygen atoms in total. The first-order valence-electron chi connectivity index (χ1n) is 5.77. The van der Waals surface area contributed by atoms with E-state index in [2.05, 4.69) is 21.1 Å². The fraction of sp³-hybridized carbons (Fsp3) is 0.364. The Morgan fingerprint density at radius 3 is 2.55 bits per heavy atom. The predicted molar refractivity (Wildman–Crippen MR) is 77.5 cm³/mol. The number of hydrogen-bond acceptors (Lipinski definition) is 5. The van der Waals surface area contributed by atoms with Crippen molar-refractivity contribution in [3.8, 4) is 0 Å². The summed E-state index contributed by atoms with van der Waals surface area (Å²) in [4.78, 5) is 1.66. The van der Waals surface area contributed by atoms with Gasteiger partial charge >= 0.3 is 0 Å². The summed E-state index contributed by atoms with van der Waals surface area (Å²) >= 11 is 3.07. The molecule has 0 amide bonds. The topological polar surface area (TPSA) is 96.0 Å². The van der Waals surface area contributed by atoms with Gasteiger partial charge in [-0.2, -0.15) is 0 Å². The standard InChI is InChI=1S/C11H13BrFN3O3S/c12-9-7(11(14)15-17)1-2-8(10(9)13)16-3-5-20(18,19)6-4-16/h1-2,17H,3-6H2,(H2,14,15). The Morgan fingerprint density at radius 2 is 2.00 bits per heavy atom. The Balaban J connectivity index is 2.33. The van der Waals surface area contributed by atoms with Gasteiger partial charge in [0, 0.05) is 18.7 Å². The van der Waals surface area contributed by atoms with Gasteiger partial charge in [0.25, 0.3) is 0 Å². The van der Waals surface area contributed by atoms with Gasteiger partial charge in [-0.15, -0.1) is 0 Å².